The van der Waals surface area contributed by atoms with Crippen LogP contribution in [0.1, 0.15) is 11.3 Å². The molecule has 4 N–H and O–H groups in total. The fraction of sp³-hybridized carbons (Fsp3) is 0.375. The minimum absolute atomic E-state index is 0.136. The molecule has 0 unspecified atom stereocenters. The smallest absolute Gasteiger partial charge is 0.384 e. The van der Waals surface area contributed by atoms with Gasteiger partial charge in [0.05, 0.1) is 0 Å². The first kappa shape index (κ1) is 10.8. The summed E-state index contributed by atoms with van der Waals surface area (Å²) in [5, 5.41) is 0. The van der Waals surface area contributed by atoms with E-state index in [0.29, 0.717) is 12.0 Å². The van der Waals surface area contributed by atoms with Crippen molar-refractivity contribution < 1.29 is 13.2 Å². The molecule has 0 radical (unpaired) electrons. The molecule has 0 aliphatic rings. The first-order valence-corrected chi connectivity index (χ1v) is 3.97. The van der Waals surface area contributed by atoms with Crippen LogP contribution in [0.25, 0.3) is 0 Å². The van der Waals surface area contributed by atoms with Crippen LogP contribution in [-0.4, -0.2) is 11.5 Å². The molecule has 0 atom stereocenters. The van der Waals surface area contributed by atoms with Crippen molar-refractivity contribution in [2.45, 2.75) is 12.6 Å². The van der Waals surface area contributed by atoms with Crippen LogP contribution in [0.2, 0.25) is 0 Å². The molecule has 0 aliphatic heterocycles. The first-order valence-electron chi connectivity index (χ1n) is 3.97. The minimum Gasteiger partial charge on any atom is -0.384 e. The molecule has 78 valence electrons. The maximum Gasteiger partial charge on any atom is 0.433 e. The molecule has 0 saturated heterocycles. The number of aromatic nitrogens is 1. The molecular formula is C8H10F3N3. The average molecular weight is 205 g/mol. The van der Waals surface area contributed by atoms with Crippen LogP contribution in [-0.2, 0) is 12.6 Å². The summed E-state index contributed by atoms with van der Waals surface area (Å²) >= 11 is 0. The Balaban J connectivity index is 3.07. The number of nitrogen functional groups attached to an aromatic ring is 1. The Bertz CT molecular complexity index is 322. The van der Waals surface area contributed by atoms with Crippen molar-refractivity contribution in [2.24, 2.45) is 5.73 Å². The molecule has 0 bridgehead atoms. The fourth-order valence-electron chi connectivity index (χ4n) is 1.07. The van der Waals surface area contributed by atoms with Crippen LogP contribution in [0.15, 0.2) is 12.1 Å². The van der Waals surface area contributed by atoms with Crippen LogP contribution in [0.5, 0.6) is 0 Å². The highest BCUT2D eigenvalue weighted by atomic mass is 19.4. The van der Waals surface area contributed by atoms with E-state index >= 15 is 0 Å². The quantitative estimate of drug-likeness (QED) is 0.762. The second-order valence-electron chi connectivity index (χ2n) is 2.82. The van der Waals surface area contributed by atoms with Crippen LogP contribution in [0, 0.1) is 0 Å². The van der Waals surface area contributed by atoms with E-state index in [0.717, 1.165) is 6.07 Å². The molecule has 14 heavy (non-hydrogen) atoms. The lowest BCUT2D eigenvalue weighted by Crippen LogP contribution is -2.11. The van der Waals surface area contributed by atoms with Crippen molar-refractivity contribution in [3.63, 3.8) is 0 Å². The van der Waals surface area contributed by atoms with Crippen molar-refractivity contribution in [2.75, 3.05) is 12.3 Å². The summed E-state index contributed by atoms with van der Waals surface area (Å²) in [7, 11) is 0. The molecular weight excluding hydrogens is 195 g/mol. The Hall–Kier alpha value is -1.30. The maximum absolute atomic E-state index is 12.2. The topological polar surface area (TPSA) is 64.9 Å². The molecule has 0 saturated carbocycles. The van der Waals surface area contributed by atoms with Crippen molar-refractivity contribution >= 4 is 5.82 Å². The van der Waals surface area contributed by atoms with Gasteiger partial charge in [-0.15, -0.1) is 0 Å². The highest BCUT2D eigenvalue weighted by molar-refractivity contribution is 5.35. The van der Waals surface area contributed by atoms with Gasteiger partial charge in [-0.05, 0) is 30.7 Å². The summed E-state index contributed by atoms with van der Waals surface area (Å²) in [6, 6.07) is 2.35. The molecule has 1 aromatic heterocycles. The van der Waals surface area contributed by atoms with Crippen LogP contribution in [0.4, 0.5) is 19.0 Å². The highest BCUT2D eigenvalue weighted by Gasteiger charge is 2.32. The van der Waals surface area contributed by atoms with Crippen LogP contribution >= 0.6 is 0 Å². The summed E-state index contributed by atoms with van der Waals surface area (Å²) in [6.45, 7) is 0.279. The van der Waals surface area contributed by atoms with E-state index < -0.39 is 11.9 Å². The van der Waals surface area contributed by atoms with Crippen molar-refractivity contribution in [1.82, 2.24) is 4.98 Å². The Labute approximate surface area is 78.9 Å². The Morgan fingerprint density at radius 3 is 2.43 bits per heavy atom. The largest absolute Gasteiger partial charge is 0.433 e. The predicted molar refractivity (Wildman–Crippen MR) is 46.4 cm³/mol. The fourth-order valence-corrected chi connectivity index (χ4v) is 1.07. The van der Waals surface area contributed by atoms with Gasteiger partial charge in [-0.2, -0.15) is 13.2 Å². The lowest BCUT2D eigenvalue weighted by molar-refractivity contribution is -0.141. The van der Waals surface area contributed by atoms with Gasteiger partial charge in [0.15, 0.2) is 0 Å². The van der Waals surface area contributed by atoms with Crippen molar-refractivity contribution in [1.29, 1.82) is 0 Å². The Morgan fingerprint density at radius 2 is 1.93 bits per heavy atom. The number of pyridine rings is 1. The van der Waals surface area contributed by atoms with Gasteiger partial charge in [0.1, 0.15) is 11.5 Å². The molecule has 1 heterocycles. The van der Waals surface area contributed by atoms with Gasteiger partial charge < -0.3 is 11.5 Å². The van der Waals surface area contributed by atoms with Gasteiger partial charge in [-0.1, -0.05) is 0 Å². The number of hydrogen-bond acceptors (Lipinski definition) is 3. The number of nitrogens with zero attached hydrogens (tertiary/aromatic N) is 1. The van der Waals surface area contributed by atoms with E-state index in [1.165, 1.54) is 6.07 Å². The van der Waals surface area contributed by atoms with E-state index in [1.54, 1.807) is 0 Å². The molecule has 0 amide bonds. The lowest BCUT2D eigenvalue weighted by Gasteiger charge is -2.08. The SMILES string of the molecule is NCCc1cc(N)nc(C(F)(F)F)c1. The zero-order chi connectivity index (χ0) is 10.8. The molecule has 1 aromatic rings. The van der Waals surface area contributed by atoms with Gasteiger partial charge in [-0.25, -0.2) is 4.98 Å². The summed E-state index contributed by atoms with van der Waals surface area (Å²) in [5.41, 5.74) is 9.94. The standard InChI is InChI=1S/C8H10F3N3/c9-8(10,11)6-3-5(1-2-12)4-7(13)14-6/h3-4H,1-2,12H2,(H2,13,14). The van der Waals surface area contributed by atoms with Crippen molar-refractivity contribution in [3.05, 3.63) is 23.4 Å². The molecule has 0 aliphatic carbocycles. The molecule has 6 heteroatoms. The number of rotatable bonds is 2. The lowest BCUT2D eigenvalue weighted by atomic mass is 10.1. The van der Waals surface area contributed by atoms with E-state index in [-0.39, 0.29) is 12.4 Å². The first-order chi connectivity index (χ1) is 6.43. The van der Waals surface area contributed by atoms with Crippen LogP contribution < -0.4 is 11.5 Å². The predicted octanol–water partition coefficient (Wildman–Crippen LogP) is 1.18. The van der Waals surface area contributed by atoms with E-state index in [4.69, 9.17) is 11.5 Å². The Kier molecular flexibility index (Phi) is 2.95. The van der Waals surface area contributed by atoms with Gasteiger partial charge in [0.25, 0.3) is 0 Å². The number of nitrogens with two attached hydrogens (primary N) is 2. The average Bonchev–Trinajstić information content (AvgIpc) is 2.02. The molecule has 3 nitrogen and oxygen atoms in total. The molecule has 1 rings (SSSR count). The number of halogens is 3. The number of hydrogen-bond donors (Lipinski definition) is 2. The van der Waals surface area contributed by atoms with E-state index in [1.807, 2.05) is 0 Å². The van der Waals surface area contributed by atoms with Crippen molar-refractivity contribution in [3.8, 4) is 0 Å². The van der Waals surface area contributed by atoms with Gasteiger partial charge in [-0.3, -0.25) is 0 Å². The van der Waals surface area contributed by atoms with E-state index in [9.17, 15) is 13.2 Å². The minimum atomic E-state index is -4.46. The van der Waals surface area contributed by atoms with Gasteiger partial charge >= 0.3 is 6.18 Å². The third kappa shape index (κ3) is 2.59. The number of anilines is 1. The zero-order valence-corrected chi connectivity index (χ0v) is 7.30. The zero-order valence-electron chi connectivity index (χ0n) is 7.30. The summed E-state index contributed by atoms with van der Waals surface area (Å²) < 4.78 is 36.7. The maximum atomic E-state index is 12.2. The molecule has 0 fully saturated rings. The third-order valence-corrected chi connectivity index (χ3v) is 1.63. The number of alkyl halides is 3. The third-order valence-electron chi connectivity index (χ3n) is 1.63. The van der Waals surface area contributed by atoms with E-state index in [2.05, 4.69) is 4.98 Å². The van der Waals surface area contributed by atoms with Crippen LogP contribution in [0.3, 0.4) is 0 Å². The Morgan fingerprint density at radius 1 is 1.29 bits per heavy atom. The second-order valence-corrected chi connectivity index (χ2v) is 2.82. The molecule has 0 spiro atoms. The summed E-state index contributed by atoms with van der Waals surface area (Å²) in [6.07, 6.45) is -4.10. The summed E-state index contributed by atoms with van der Waals surface area (Å²) in [4.78, 5) is 3.20. The monoisotopic (exact) mass is 205 g/mol. The second kappa shape index (κ2) is 3.83. The van der Waals surface area contributed by atoms with Gasteiger partial charge in [0, 0.05) is 0 Å². The highest BCUT2D eigenvalue weighted by Crippen LogP contribution is 2.28. The normalized spacial score (nSPS) is 11.7. The summed E-state index contributed by atoms with van der Waals surface area (Å²) in [5.74, 6) is -0.136. The molecule has 0 aromatic carbocycles. The van der Waals surface area contributed by atoms with Gasteiger partial charge in [0.2, 0.25) is 0 Å².